The highest BCUT2D eigenvalue weighted by Crippen LogP contribution is 2.26. The van der Waals surface area contributed by atoms with E-state index < -0.39 is 16.0 Å². The van der Waals surface area contributed by atoms with Crippen LogP contribution in [0.5, 0.6) is 0 Å². The first-order valence-electron chi connectivity index (χ1n) is 5.70. The van der Waals surface area contributed by atoms with Gasteiger partial charge in [0.25, 0.3) is 0 Å². The fourth-order valence-electron chi connectivity index (χ4n) is 2.11. The molecule has 0 saturated carbocycles. The molecule has 0 radical (unpaired) electrons. The Morgan fingerprint density at radius 2 is 2.12 bits per heavy atom. The van der Waals surface area contributed by atoms with E-state index in [1.165, 1.54) is 4.31 Å². The van der Waals surface area contributed by atoms with Crippen molar-refractivity contribution in [3.8, 4) is 0 Å². The van der Waals surface area contributed by atoms with Gasteiger partial charge in [0, 0.05) is 13.0 Å². The molecule has 0 bridgehead atoms. The zero-order valence-electron chi connectivity index (χ0n) is 9.87. The molecule has 1 aliphatic rings. The van der Waals surface area contributed by atoms with Crippen LogP contribution in [0.2, 0.25) is 0 Å². The van der Waals surface area contributed by atoms with E-state index in [2.05, 4.69) is 0 Å². The number of hydrogen-bond acceptors (Lipinski definition) is 4. The molecule has 17 heavy (non-hydrogen) atoms. The molecule has 7 heteroatoms. The SMILES string of the molecule is CC1CCN(S(=O)(=O)CCCC(=O)O)C1CO. The van der Waals surface area contributed by atoms with E-state index in [1.807, 2.05) is 6.92 Å². The van der Waals surface area contributed by atoms with Gasteiger partial charge >= 0.3 is 5.97 Å². The number of hydrogen-bond donors (Lipinski definition) is 2. The Labute approximate surface area is 101 Å². The Hall–Kier alpha value is -0.660. The summed E-state index contributed by atoms with van der Waals surface area (Å²) < 4.78 is 25.2. The van der Waals surface area contributed by atoms with Gasteiger partial charge in [0.15, 0.2) is 0 Å². The summed E-state index contributed by atoms with van der Waals surface area (Å²) in [5.41, 5.74) is 0. The lowest BCUT2D eigenvalue weighted by Crippen LogP contribution is -2.41. The van der Waals surface area contributed by atoms with Crippen molar-refractivity contribution in [2.75, 3.05) is 18.9 Å². The molecule has 1 saturated heterocycles. The lowest BCUT2D eigenvalue weighted by Gasteiger charge is -2.24. The van der Waals surface area contributed by atoms with Gasteiger partial charge in [-0.2, -0.15) is 4.31 Å². The highest BCUT2D eigenvalue weighted by atomic mass is 32.2. The zero-order valence-corrected chi connectivity index (χ0v) is 10.7. The van der Waals surface area contributed by atoms with Gasteiger partial charge in [-0.15, -0.1) is 0 Å². The minimum atomic E-state index is -3.44. The van der Waals surface area contributed by atoms with E-state index >= 15 is 0 Å². The molecule has 2 atom stereocenters. The monoisotopic (exact) mass is 265 g/mol. The van der Waals surface area contributed by atoms with Gasteiger partial charge in [-0.05, 0) is 18.8 Å². The number of nitrogens with zero attached hydrogens (tertiary/aromatic N) is 1. The van der Waals surface area contributed by atoms with Crippen LogP contribution in [0.25, 0.3) is 0 Å². The molecule has 1 aliphatic heterocycles. The van der Waals surface area contributed by atoms with Crippen molar-refractivity contribution in [1.29, 1.82) is 0 Å². The summed E-state index contributed by atoms with van der Waals surface area (Å²) in [6, 6.07) is -0.357. The lowest BCUT2D eigenvalue weighted by atomic mass is 10.0. The summed E-state index contributed by atoms with van der Waals surface area (Å²) in [4.78, 5) is 10.3. The van der Waals surface area contributed by atoms with Crippen LogP contribution in [-0.4, -0.2) is 53.9 Å². The maximum atomic E-state index is 12.0. The van der Waals surface area contributed by atoms with Crippen LogP contribution >= 0.6 is 0 Å². The summed E-state index contributed by atoms with van der Waals surface area (Å²) in [6.07, 6.45) is 0.705. The van der Waals surface area contributed by atoms with E-state index in [4.69, 9.17) is 5.11 Å². The summed E-state index contributed by atoms with van der Waals surface area (Å²) >= 11 is 0. The largest absolute Gasteiger partial charge is 0.481 e. The number of rotatable bonds is 6. The predicted octanol–water partition coefficient (Wildman–Crippen LogP) is -0.116. The van der Waals surface area contributed by atoms with Crippen molar-refractivity contribution in [3.05, 3.63) is 0 Å². The molecule has 0 aliphatic carbocycles. The third-order valence-electron chi connectivity index (χ3n) is 3.17. The average molecular weight is 265 g/mol. The first kappa shape index (κ1) is 14.4. The molecule has 1 heterocycles. The van der Waals surface area contributed by atoms with Crippen LogP contribution in [0, 0.1) is 5.92 Å². The second kappa shape index (κ2) is 5.79. The van der Waals surface area contributed by atoms with Crippen LogP contribution in [0.4, 0.5) is 0 Å². The standard InChI is InChI=1S/C10H19NO5S/c1-8-4-5-11(9(8)7-12)17(15,16)6-2-3-10(13)14/h8-9,12H,2-7H2,1H3,(H,13,14). The Kier molecular flexibility index (Phi) is 4.91. The zero-order chi connectivity index (χ0) is 13.1. The molecule has 0 aromatic rings. The molecule has 2 unspecified atom stereocenters. The van der Waals surface area contributed by atoms with Crippen molar-refractivity contribution in [3.63, 3.8) is 0 Å². The fourth-order valence-corrected chi connectivity index (χ4v) is 3.93. The topological polar surface area (TPSA) is 94.9 Å². The molecule has 6 nitrogen and oxygen atoms in total. The van der Waals surface area contributed by atoms with Crippen LogP contribution in [-0.2, 0) is 14.8 Å². The molecule has 1 fully saturated rings. The minimum Gasteiger partial charge on any atom is -0.481 e. The van der Waals surface area contributed by atoms with Crippen molar-refractivity contribution >= 4 is 16.0 Å². The third kappa shape index (κ3) is 3.65. The van der Waals surface area contributed by atoms with Gasteiger partial charge in [-0.25, -0.2) is 8.42 Å². The van der Waals surface area contributed by atoms with E-state index in [1.54, 1.807) is 0 Å². The van der Waals surface area contributed by atoms with Gasteiger partial charge in [-0.1, -0.05) is 6.92 Å². The lowest BCUT2D eigenvalue weighted by molar-refractivity contribution is -0.137. The summed E-state index contributed by atoms with van der Waals surface area (Å²) in [5, 5.41) is 17.7. The van der Waals surface area contributed by atoms with Crippen molar-refractivity contribution in [2.24, 2.45) is 5.92 Å². The maximum Gasteiger partial charge on any atom is 0.303 e. The fraction of sp³-hybridized carbons (Fsp3) is 0.900. The van der Waals surface area contributed by atoms with E-state index in [0.717, 1.165) is 6.42 Å². The van der Waals surface area contributed by atoms with Gasteiger partial charge in [0.05, 0.1) is 18.4 Å². The number of carboxylic acid groups (broad SMARTS) is 1. The molecular weight excluding hydrogens is 246 g/mol. The number of sulfonamides is 1. The Bertz CT molecular complexity index is 367. The molecule has 0 aromatic carbocycles. The van der Waals surface area contributed by atoms with Gasteiger partial charge in [0.1, 0.15) is 0 Å². The van der Waals surface area contributed by atoms with Crippen molar-refractivity contribution < 1.29 is 23.4 Å². The second-order valence-corrected chi connectivity index (χ2v) is 6.48. The highest BCUT2D eigenvalue weighted by Gasteiger charge is 2.37. The Balaban J connectivity index is 2.61. The molecule has 0 amide bonds. The number of aliphatic carboxylic acids is 1. The summed E-state index contributed by atoms with van der Waals surface area (Å²) in [6.45, 7) is 2.15. The molecule has 100 valence electrons. The van der Waals surface area contributed by atoms with E-state index in [0.29, 0.717) is 6.54 Å². The van der Waals surface area contributed by atoms with Crippen LogP contribution in [0.15, 0.2) is 0 Å². The Morgan fingerprint density at radius 3 is 2.65 bits per heavy atom. The minimum absolute atomic E-state index is 0.112. The van der Waals surface area contributed by atoms with Crippen LogP contribution < -0.4 is 0 Å². The van der Waals surface area contributed by atoms with Crippen molar-refractivity contribution in [1.82, 2.24) is 4.31 Å². The predicted molar refractivity (Wildman–Crippen MR) is 62.0 cm³/mol. The molecule has 0 aromatic heterocycles. The maximum absolute atomic E-state index is 12.0. The Morgan fingerprint density at radius 1 is 1.47 bits per heavy atom. The van der Waals surface area contributed by atoms with Crippen LogP contribution in [0.3, 0.4) is 0 Å². The van der Waals surface area contributed by atoms with Crippen LogP contribution in [0.1, 0.15) is 26.2 Å². The molecular formula is C10H19NO5S. The van der Waals surface area contributed by atoms with Gasteiger partial charge in [0.2, 0.25) is 10.0 Å². The smallest absolute Gasteiger partial charge is 0.303 e. The first-order valence-corrected chi connectivity index (χ1v) is 7.31. The van der Waals surface area contributed by atoms with Gasteiger partial charge in [-0.3, -0.25) is 4.79 Å². The van der Waals surface area contributed by atoms with Gasteiger partial charge < -0.3 is 10.2 Å². The number of carboxylic acids is 1. The summed E-state index contributed by atoms with van der Waals surface area (Å²) in [7, 11) is -3.44. The third-order valence-corrected chi connectivity index (χ3v) is 5.14. The first-order chi connectivity index (χ1) is 7.88. The van der Waals surface area contributed by atoms with E-state index in [-0.39, 0.29) is 37.2 Å². The van der Waals surface area contributed by atoms with E-state index in [9.17, 15) is 18.3 Å². The number of aliphatic hydroxyl groups is 1. The normalized spacial score (nSPS) is 26.2. The molecule has 1 rings (SSSR count). The molecule has 0 spiro atoms. The summed E-state index contributed by atoms with van der Waals surface area (Å²) in [5.74, 6) is -1.01. The number of aliphatic hydroxyl groups excluding tert-OH is 1. The quantitative estimate of drug-likeness (QED) is 0.698. The second-order valence-electron chi connectivity index (χ2n) is 4.44. The average Bonchev–Trinajstić information content (AvgIpc) is 2.59. The van der Waals surface area contributed by atoms with Crippen molar-refractivity contribution in [2.45, 2.75) is 32.2 Å². The molecule has 2 N–H and O–H groups in total. The highest BCUT2D eigenvalue weighted by molar-refractivity contribution is 7.89. The number of carbonyl (C=O) groups is 1.